The van der Waals surface area contributed by atoms with Gasteiger partial charge in [0.25, 0.3) is 0 Å². The predicted octanol–water partition coefficient (Wildman–Crippen LogP) is 1.69. The summed E-state index contributed by atoms with van der Waals surface area (Å²) < 4.78 is 0. The van der Waals surface area contributed by atoms with Gasteiger partial charge in [-0.05, 0) is 33.9 Å². The molecule has 1 aromatic heterocycles. The van der Waals surface area contributed by atoms with E-state index in [0.29, 0.717) is 6.04 Å². The third-order valence-corrected chi connectivity index (χ3v) is 4.39. The van der Waals surface area contributed by atoms with Gasteiger partial charge in [0, 0.05) is 36.2 Å². The van der Waals surface area contributed by atoms with Crippen LogP contribution in [0.5, 0.6) is 0 Å². The van der Waals surface area contributed by atoms with Gasteiger partial charge in [-0.1, -0.05) is 0 Å². The summed E-state index contributed by atoms with van der Waals surface area (Å²) in [6.07, 6.45) is 4.46. The molecule has 1 aromatic rings. The topological polar surface area (TPSA) is 45.4 Å². The number of hydrogen-bond acceptors (Lipinski definition) is 5. The molecule has 2 rings (SSSR count). The van der Waals surface area contributed by atoms with E-state index in [1.165, 1.54) is 17.7 Å². The minimum atomic E-state index is 0.0937. The third kappa shape index (κ3) is 2.97. The SMILES string of the molecule is CC(N)c1cnc(N2CCCC2CN(C)C)s1. The second-order valence-corrected chi connectivity index (χ2v) is 6.13. The molecule has 4 nitrogen and oxygen atoms in total. The van der Waals surface area contributed by atoms with Crippen molar-refractivity contribution >= 4 is 16.5 Å². The standard InChI is InChI=1S/C12H22N4S/c1-9(13)11-7-14-12(17-11)16-6-4-5-10(16)8-15(2)3/h7,9-10H,4-6,8,13H2,1-3H3. The largest absolute Gasteiger partial charge is 0.344 e. The number of rotatable bonds is 4. The third-order valence-electron chi connectivity index (χ3n) is 3.16. The van der Waals surface area contributed by atoms with Crippen molar-refractivity contribution in [2.24, 2.45) is 5.73 Å². The Bertz CT molecular complexity index is 361. The van der Waals surface area contributed by atoms with Crippen molar-refractivity contribution in [3.63, 3.8) is 0 Å². The molecule has 0 saturated carbocycles. The van der Waals surface area contributed by atoms with Crippen LogP contribution in [-0.4, -0.2) is 43.1 Å². The molecular formula is C12H22N4S. The van der Waals surface area contributed by atoms with Crippen molar-refractivity contribution in [1.29, 1.82) is 0 Å². The molecule has 0 amide bonds. The Morgan fingerprint density at radius 1 is 1.65 bits per heavy atom. The van der Waals surface area contributed by atoms with Gasteiger partial charge in [-0.15, -0.1) is 11.3 Å². The highest BCUT2D eigenvalue weighted by molar-refractivity contribution is 7.15. The zero-order chi connectivity index (χ0) is 12.4. The van der Waals surface area contributed by atoms with Gasteiger partial charge in [-0.3, -0.25) is 0 Å². The Hall–Kier alpha value is -0.650. The van der Waals surface area contributed by atoms with Gasteiger partial charge in [0.15, 0.2) is 5.13 Å². The normalized spacial score (nSPS) is 22.4. The van der Waals surface area contributed by atoms with E-state index in [9.17, 15) is 0 Å². The molecule has 2 N–H and O–H groups in total. The van der Waals surface area contributed by atoms with E-state index in [2.05, 4.69) is 28.9 Å². The Morgan fingerprint density at radius 2 is 2.41 bits per heavy atom. The summed E-state index contributed by atoms with van der Waals surface area (Å²) in [5.41, 5.74) is 5.88. The molecule has 1 saturated heterocycles. The molecule has 96 valence electrons. The number of anilines is 1. The average Bonchev–Trinajstić information content (AvgIpc) is 2.83. The molecule has 5 heteroatoms. The van der Waals surface area contributed by atoms with Gasteiger partial charge in [0.1, 0.15) is 0 Å². The fraction of sp³-hybridized carbons (Fsp3) is 0.750. The maximum atomic E-state index is 5.88. The molecular weight excluding hydrogens is 232 g/mol. The number of hydrogen-bond donors (Lipinski definition) is 1. The summed E-state index contributed by atoms with van der Waals surface area (Å²) >= 11 is 1.74. The maximum absolute atomic E-state index is 5.88. The Labute approximate surface area is 107 Å². The van der Waals surface area contributed by atoms with Crippen LogP contribution < -0.4 is 10.6 Å². The minimum Gasteiger partial charge on any atom is -0.344 e. The molecule has 17 heavy (non-hydrogen) atoms. The van der Waals surface area contributed by atoms with Gasteiger partial charge in [0.05, 0.1) is 0 Å². The van der Waals surface area contributed by atoms with Crippen molar-refractivity contribution in [1.82, 2.24) is 9.88 Å². The van der Waals surface area contributed by atoms with Gasteiger partial charge < -0.3 is 15.5 Å². The summed E-state index contributed by atoms with van der Waals surface area (Å²) in [6, 6.07) is 0.702. The zero-order valence-corrected chi connectivity index (χ0v) is 11.7. The van der Waals surface area contributed by atoms with Gasteiger partial charge >= 0.3 is 0 Å². The number of thiazole rings is 1. The molecule has 0 aliphatic carbocycles. The average molecular weight is 254 g/mol. The van der Waals surface area contributed by atoms with Gasteiger partial charge in [0.2, 0.25) is 0 Å². The molecule has 2 atom stereocenters. The summed E-state index contributed by atoms with van der Waals surface area (Å²) in [5.74, 6) is 0. The molecule has 1 aliphatic rings. The number of nitrogens with zero attached hydrogens (tertiary/aromatic N) is 3. The smallest absolute Gasteiger partial charge is 0.185 e. The predicted molar refractivity (Wildman–Crippen MR) is 73.6 cm³/mol. The van der Waals surface area contributed by atoms with E-state index < -0.39 is 0 Å². The molecule has 2 heterocycles. The summed E-state index contributed by atoms with van der Waals surface area (Å²) in [4.78, 5) is 10.4. The molecule has 0 bridgehead atoms. The number of aromatic nitrogens is 1. The Balaban J connectivity index is 2.09. The summed E-state index contributed by atoms with van der Waals surface area (Å²) in [6.45, 7) is 4.25. The van der Waals surface area contributed by atoms with Crippen LogP contribution in [0.25, 0.3) is 0 Å². The van der Waals surface area contributed by atoms with Crippen molar-refractivity contribution < 1.29 is 0 Å². The van der Waals surface area contributed by atoms with Crippen LogP contribution in [0.4, 0.5) is 5.13 Å². The lowest BCUT2D eigenvalue weighted by Crippen LogP contribution is -2.37. The van der Waals surface area contributed by atoms with Crippen molar-refractivity contribution in [2.45, 2.75) is 31.8 Å². The number of likely N-dealkylation sites (N-methyl/N-ethyl adjacent to an activating group) is 1. The highest BCUT2D eigenvalue weighted by atomic mass is 32.1. The molecule has 0 aromatic carbocycles. The first-order valence-electron chi connectivity index (χ1n) is 6.20. The van der Waals surface area contributed by atoms with Crippen molar-refractivity contribution in [2.75, 3.05) is 32.1 Å². The van der Waals surface area contributed by atoms with Crippen LogP contribution >= 0.6 is 11.3 Å². The highest BCUT2D eigenvalue weighted by Crippen LogP contribution is 2.31. The van der Waals surface area contributed by atoms with Crippen molar-refractivity contribution in [3.8, 4) is 0 Å². The van der Waals surface area contributed by atoms with Crippen LogP contribution in [0, 0.1) is 0 Å². The molecule has 2 unspecified atom stereocenters. The van der Waals surface area contributed by atoms with E-state index in [1.54, 1.807) is 11.3 Å². The van der Waals surface area contributed by atoms with Crippen LogP contribution in [0.2, 0.25) is 0 Å². The molecule has 0 radical (unpaired) electrons. The zero-order valence-electron chi connectivity index (χ0n) is 10.9. The van der Waals surface area contributed by atoms with Gasteiger partial charge in [-0.2, -0.15) is 0 Å². The van der Waals surface area contributed by atoms with Crippen LogP contribution in [0.1, 0.15) is 30.7 Å². The lowest BCUT2D eigenvalue weighted by atomic mass is 10.2. The first-order valence-corrected chi connectivity index (χ1v) is 7.02. The second kappa shape index (κ2) is 5.33. The Kier molecular flexibility index (Phi) is 4.01. The van der Waals surface area contributed by atoms with E-state index >= 15 is 0 Å². The van der Waals surface area contributed by atoms with Crippen LogP contribution in [0.15, 0.2) is 6.20 Å². The van der Waals surface area contributed by atoms with E-state index in [-0.39, 0.29) is 6.04 Å². The summed E-state index contributed by atoms with van der Waals surface area (Å²) in [5, 5.41) is 1.14. The van der Waals surface area contributed by atoms with Crippen LogP contribution in [0.3, 0.4) is 0 Å². The van der Waals surface area contributed by atoms with E-state index in [4.69, 9.17) is 5.73 Å². The van der Waals surface area contributed by atoms with E-state index in [1.807, 2.05) is 13.1 Å². The fourth-order valence-corrected chi connectivity index (χ4v) is 3.28. The highest BCUT2D eigenvalue weighted by Gasteiger charge is 2.27. The lowest BCUT2D eigenvalue weighted by Gasteiger charge is -2.26. The van der Waals surface area contributed by atoms with E-state index in [0.717, 1.165) is 18.2 Å². The second-order valence-electron chi connectivity index (χ2n) is 5.09. The quantitative estimate of drug-likeness (QED) is 0.888. The first-order chi connectivity index (χ1) is 8.08. The number of nitrogens with two attached hydrogens (primary N) is 1. The molecule has 1 aliphatic heterocycles. The molecule has 1 fully saturated rings. The summed E-state index contributed by atoms with van der Waals surface area (Å²) in [7, 11) is 4.26. The minimum absolute atomic E-state index is 0.0937. The van der Waals surface area contributed by atoms with Crippen LogP contribution in [-0.2, 0) is 0 Å². The van der Waals surface area contributed by atoms with Crippen molar-refractivity contribution in [3.05, 3.63) is 11.1 Å². The lowest BCUT2D eigenvalue weighted by molar-refractivity contribution is 0.372. The van der Waals surface area contributed by atoms with Gasteiger partial charge in [-0.25, -0.2) is 4.98 Å². The fourth-order valence-electron chi connectivity index (χ4n) is 2.32. The Morgan fingerprint density at radius 3 is 3.00 bits per heavy atom. The maximum Gasteiger partial charge on any atom is 0.185 e. The molecule has 0 spiro atoms. The monoisotopic (exact) mass is 254 g/mol. The first kappa shape index (κ1) is 12.8.